The highest BCUT2D eigenvalue weighted by Crippen LogP contribution is 2.20. The summed E-state index contributed by atoms with van der Waals surface area (Å²) >= 11 is 0. The van der Waals surface area contributed by atoms with Crippen LogP contribution in [0.15, 0.2) is 48.5 Å². The lowest BCUT2D eigenvalue weighted by Crippen LogP contribution is -2.28. The van der Waals surface area contributed by atoms with Crippen molar-refractivity contribution >= 4 is 5.91 Å². The van der Waals surface area contributed by atoms with Crippen LogP contribution in [0, 0.1) is 0 Å². The van der Waals surface area contributed by atoms with Crippen molar-refractivity contribution in [1.29, 1.82) is 0 Å². The SMILES string of the molecule is CC(C)OCc1ccc(CNC(=O)COc2cccc(C(C)C)c2)cc1. The number of hydrogen-bond donors (Lipinski definition) is 1. The minimum Gasteiger partial charge on any atom is -0.484 e. The minimum absolute atomic E-state index is 0.0157. The van der Waals surface area contributed by atoms with Gasteiger partial charge in [0.15, 0.2) is 6.61 Å². The van der Waals surface area contributed by atoms with E-state index in [0.717, 1.165) is 16.9 Å². The Morgan fingerprint density at radius 3 is 2.35 bits per heavy atom. The fourth-order valence-corrected chi connectivity index (χ4v) is 2.38. The maximum absolute atomic E-state index is 12.0. The van der Waals surface area contributed by atoms with Gasteiger partial charge < -0.3 is 14.8 Å². The van der Waals surface area contributed by atoms with Gasteiger partial charge in [0.05, 0.1) is 12.7 Å². The molecule has 1 N–H and O–H groups in total. The van der Waals surface area contributed by atoms with E-state index < -0.39 is 0 Å². The number of carbonyl (C=O) groups is 1. The van der Waals surface area contributed by atoms with Crippen molar-refractivity contribution in [3.8, 4) is 5.75 Å². The summed E-state index contributed by atoms with van der Waals surface area (Å²) in [6.45, 7) is 9.41. The van der Waals surface area contributed by atoms with E-state index in [1.165, 1.54) is 5.56 Å². The molecule has 0 bridgehead atoms. The van der Waals surface area contributed by atoms with Gasteiger partial charge in [0.1, 0.15) is 5.75 Å². The molecule has 0 aromatic heterocycles. The lowest BCUT2D eigenvalue weighted by atomic mass is 10.0. The highest BCUT2D eigenvalue weighted by Gasteiger charge is 2.05. The fraction of sp³-hybridized carbons (Fsp3) is 0.409. The molecular formula is C22H29NO3. The smallest absolute Gasteiger partial charge is 0.258 e. The molecule has 2 aromatic carbocycles. The number of nitrogens with one attached hydrogen (secondary N) is 1. The Morgan fingerprint density at radius 1 is 1.00 bits per heavy atom. The van der Waals surface area contributed by atoms with Crippen molar-refractivity contribution in [1.82, 2.24) is 5.32 Å². The standard InChI is InChI=1S/C22H29NO3/c1-16(2)20-6-5-7-21(12-20)26-15-22(24)23-13-18-8-10-19(11-9-18)14-25-17(3)4/h5-12,16-17H,13-15H2,1-4H3,(H,23,24). The molecule has 0 aliphatic heterocycles. The second-order valence-electron chi connectivity index (χ2n) is 6.97. The van der Waals surface area contributed by atoms with Gasteiger partial charge in [-0.25, -0.2) is 0 Å². The molecule has 26 heavy (non-hydrogen) atoms. The van der Waals surface area contributed by atoms with E-state index in [4.69, 9.17) is 9.47 Å². The third-order valence-electron chi connectivity index (χ3n) is 3.99. The summed E-state index contributed by atoms with van der Waals surface area (Å²) in [6.07, 6.45) is 0.218. The van der Waals surface area contributed by atoms with Gasteiger partial charge in [-0.2, -0.15) is 0 Å². The molecule has 2 aromatic rings. The summed E-state index contributed by atoms with van der Waals surface area (Å²) in [4.78, 5) is 12.0. The summed E-state index contributed by atoms with van der Waals surface area (Å²) in [5, 5.41) is 2.88. The average molecular weight is 355 g/mol. The zero-order valence-electron chi connectivity index (χ0n) is 16.1. The molecule has 140 valence electrons. The molecule has 4 nitrogen and oxygen atoms in total. The van der Waals surface area contributed by atoms with Crippen LogP contribution in [0.2, 0.25) is 0 Å². The maximum atomic E-state index is 12.0. The lowest BCUT2D eigenvalue weighted by Gasteiger charge is -2.11. The molecular weight excluding hydrogens is 326 g/mol. The zero-order valence-corrected chi connectivity index (χ0v) is 16.1. The number of benzene rings is 2. The Balaban J connectivity index is 1.75. The minimum atomic E-state index is -0.132. The maximum Gasteiger partial charge on any atom is 0.258 e. The highest BCUT2D eigenvalue weighted by molar-refractivity contribution is 5.77. The Morgan fingerprint density at radius 2 is 1.69 bits per heavy atom. The number of ether oxygens (including phenoxy) is 2. The van der Waals surface area contributed by atoms with Gasteiger partial charge in [-0.15, -0.1) is 0 Å². The molecule has 0 fully saturated rings. The fourth-order valence-electron chi connectivity index (χ4n) is 2.38. The highest BCUT2D eigenvalue weighted by atomic mass is 16.5. The van der Waals surface area contributed by atoms with Gasteiger partial charge in [-0.1, -0.05) is 50.2 Å². The van der Waals surface area contributed by atoms with E-state index in [9.17, 15) is 4.79 Å². The van der Waals surface area contributed by atoms with Crippen molar-refractivity contribution < 1.29 is 14.3 Å². The molecule has 0 heterocycles. The molecule has 1 amide bonds. The van der Waals surface area contributed by atoms with Gasteiger partial charge in [0.25, 0.3) is 5.91 Å². The van der Waals surface area contributed by atoms with Crippen LogP contribution >= 0.6 is 0 Å². The average Bonchev–Trinajstić information content (AvgIpc) is 2.64. The van der Waals surface area contributed by atoms with E-state index in [0.29, 0.717) is 19.1 Å². The number of rotatable bonds is 9. The molecule has 0 saturated carbocycles. The zero-order chi connectivity index (χ0) is 18.9. The van der Waals surface area contributed by atoms with E-state index >= 15 is 0 Å². The van der Waals surface area contributed by atoms with E-state index in [1.807, 2.05) is 56.3 Å². The predicted octanol–water partition coefficient (Wildman–Crippen LogP) is 4.43. The normalized spacial score (nSPS) is 11.0. The van der Waals surface area contributed by atoms with Crippen molar-refractivity contribution in [3.05, 3.63) is 65.2 Å². The van der Waals surface area contributed by atoms with Crippen molar-refractivity contribution in [2.45, 2.75) is 52.9 Å². The van der Waals surface area contributed by atoms with Gasteiger partial charge >= 0.3 is 0 Å². The number of hydrogen-bond acceptors (Lipinski definition) is 3. The van der Waals surface area contributed by atoms with Crippen LogP contribution < -0.4 is 10.1 Å². The quantitative estimate of drug-likeness (QED) is 0.724. The Hall–Kier alpha value is -2.33. The Bertz CT molecular complexity index is 693. The first-order valence-corrected chi connectivity index (χ1v) is 9.13. The van der Waals surface area contributed by atoms with Crippen molar-refractivity contribution in [2.75, 3.05) is 6.61 Å². The van der Waals surface area contributed by atoms with Crippen molar-refractivity contribution in [3.63, 3.8) is 0 Å². The third kappa shape index (κ3) is 6.89. The van der Waals surface area contributed by atoms with Crippen LogP contribution in [0.25, 0.3) is 0 Å². The van der Waals surface area contributed by atoms with E-state index in [2.05, 4.69) is 25.2 Å². The molecule has 4 heteroatoms. The van der Waals surface area contributed by atoms with Crippen LogP contribution in [-0.2, 0) is 22.7 Å². The number of carbonyl (C=O) groups excluding carboxylic acids is 1. The van der Waals surface area contributed by atoms with Gasteiger partial charge in [0.2, 0.25) is 0 Å². The van der Waals surface area contributed by atoms with E-state index in [-0.39, 0.29) is 18.6 Å². The van der Waals surface area contributed by atoms with Gasteiger partial charge in [0, 0.05) is 6.54 Å². The van der Waals surface area contributed by atoms with Crippen molar-refractivity contribution in [2.24, 2.45) is 0 Å². The molecule has 0 aliphatic carbocycles. The largest absolute Gasteiger partial charge is 0.484 e. The summed E-state index contributed by atoms with van der Waals surface area (Å²) < 4.78 is 11.2. The predicted molar refractivity (Wildman–Crippen MR) is 104 cm³/mol. The Labute approximate surface area is 156 Å². The molecule has 0 aliphatic rings. The van der Waals surface area contributed by atoms with Crippen LogP contribution in [0.1, 0.15) is 50.3 Å². The third-order valence-corrected chi connectivity index (χ3v) is 3.99. The van der Waals surface area contributed by atoms with Crippen LogP contribution in [0.5, 0.6) is 5.75 Å². The van der Waals surface area contributed by atoms with Crippen LogP contribution in [0.4, 0.5) is 0 Å². The topological polar surface area (TPSA) is 47.6 Å². The molecule has 0 radical (unpaired) electrons. The first-order valence-electron chi connectivity index (χ1n) is 9.13. The van der Waals surface area contributed by atoms with E-state index in [1.54, 1.807) is 0 Å². The van der Waals surface area contributed by atoms with Crippen LogP contribution in [0.3, 0.4) is 0 Å². The summed E-state index contributed by atoms with van der Waals surface area (Å²) in [6, 6.07) is 15.9. The summed E-state index contributed by atoms with van der Waals surface area (Å²) in [5.74, 6) is 1.02. The molecule has 0 atom stereocenters. The van der Waals surface area contributed by atoms with Crippen LogP contribution in [-0.4, -0.2) is 18.6 Å². The summed E-state index contributed by atoms with van der Waals surface area (Å²) in [5.41, 5.74) is 3.38. The monoisotopic (exact) mass is 355 g/mol. The number of amides is 1. The molecule has 0 saturated heterocycles. The molecule has 0 unspecified atom stereocenters. The second-order valence-corrected chi connectivity index (χ2v) is 6.97. The summed E-state index contributed by atoms with van der Waals surface area (Å²) in [7, 11) is 0. The molecule has 0 spiro atoms. The second kappa shape index (κ2) is 9.97. The molecule has 2 rings (SSSR count). The first-order chi connectivity index (χ1) is 12.4. The van der Waals surface area contributed by atoms with Gasteiger partial charge in [-0.3, -0.25) is 4.79 Å². The lowest BCUT2D eigenvalue weighted by molar-refractivity contribution is -0.123. The van der Waals surface area contributed by atoms with Gasteiger partial charge in [-0.05, 0) is 48.6 Å². The Kier molecular flexibility index (Phi) is 7.67. The first kappa shape index (κ1) is 20.0.